The van der Waals surface area contributed by atoms with Crippen LogP contribution in [-0.4, -0.2) is 42.6 Å². The number of ether oxygens (including phenoxy) is 1. The van der Waals surface area contributed by atoms with Gasteiger partial charge in [0.25, 0.3) is 0 Å². The third kappa shape index (κ3) is 13.3. The molecule has 1 atom stereocenters. The van der Waals surface area contributed by atoms with Crippen LogP contribution in [0.1, 0.15) is 77.2 Å². The van der Waals surface area contributed by atoms with Crippen molar-refractivity contribution in [3.8, 4) is 0 Å². The zero-order valence-corrected chi connectivity index (χ0v) is 20.1. The molecule has 0 aliphatic carbocycles. The van der Waals surface area contributed by atoms with Crippen LogP contribution in [0, 0.1) is 0 Å². The Morgan fingerprint density at radius 3 is 2.13 bits per heavy atom. The van der Waals surface area contributed by atoms with Crippen molar-refractivity contribution < 1.29 is 14.3 Å². The number of nitrogens with two attached hydrogens (primary N) is 1. The predicted octanol–water partition coefficient (Wildman–Crippen LogP) is 5.04. The fourth-order valence-electron chi connectivity index (χ4n) is 3.32. The molecule has 2 amide bonds. The van der Waals surface area contributed by atoms with Gasteiger partial charge >= 0.3 is 6.09 Å². The van der Waals surface area contributed by atoms with Gasteiger partial charge in [0, 0.05) is 13.1 Å². The van der Waals surface area contributed by atoms with Crippen LogP contribution in [0.5, 0.6) is 0 Å². The van der Waals surface area contributed by atoms with Gasteiger partial charge in [-0.25, -0.2) is 4.79 Å². The van der Waals surface area contributed by atoms with Gasteiger partial charge in [0.05, 0.1) is 0 Å². The van der Waals surface area contributed by atoms with E-state index in [2.05, 4.69) is 19.2 Å². The van der Waals surface area contributed by atoms with Crippen molar-refractivity contribution in [3.05, 3.63) is 35.9 Å². The van der Waals surface area contributed by atoms with Gasteiger partial charge in [-0.3, -0.25) is 4.79 Å². The van der Waals surface area contributed by atoms with Crippen LogP contribution >= 0.6 is 12.4 Å². The molecule has 1 aromatic rings. The summed E-state index contributed by atoms with van der Waals surface area (Å²) in [6, 6.07) is 8.96. The number of nitrogens with zero attached hydrogens (tertiary/aromatic N) is 1. The first-order valence-corrected chi connectivity index (χ1v) is 11.6. The number of amides is 2. The first-order chi connectivity index (χ1) is 14.6. The Morgan fingerprint density at radius 1 is 0.968 bits per heavy atom. The number of halogens is 1. The minimum absolute atomic E-state index is 0. The van der Waals surface area contributed by atoms with Crippen molar-refractivity contribution >= 4 is 24.4 Å². The van der Waals surface area contributed by atoms with Gasteiger partial charge in [0.2, 0.25) is 5.91 Å². The van der Waals surface area contributed by atoms with Crippen LogP contribution in [0.2, 0.25) is 0 Å². The molecule has 0 aliphatic rings. The maximum absolute atomic E-state index is 13.3. The number of alkyl carbamates (subject to hydrolysis) is 1. The second-order valence-electron chi connectivity index (χ2n) is 7.78. The SMILES string of the molecule is CCCCCN(CCCCC)C(=O)[C@@H](CCCCN)NC(=O)OCc1ccccc1.Cl. The Kier molecular flexibility index (Phi) is 17.8. The highest BCUT2D eigenvalue weighted by molar-refractivity contribution is 5.86. The first-order valence-electron chi connectivity index (χ1n) is 11.6. The molecule has 0 saturated heterocycles. The summed E-state index contributed by atoms with van der Waals surface area (Å²) in [4.78, 5) is 27.6. The third-order valence-corrected chi connectivity index (χ3v) is 5.12. The number of rotatable bonds is 16. The highest BCUT2D eigenvalue weighted by Gasteiger charge is 2.25. The maximum atomic E-state index is 13.3. The van der Waals surface area contributed by atoms with Crippen LogP contribution in [0.3, 0.4) is 0 Å². The lowest BCUT2D eigenvalue weighted by Crippen LogP contribution is -2.49. The van der Waals surface area contributed by atoms with Gasteiger partial charge in [-0.1, -0.05) is 69.9 Å². The van der Waals surface area contributed by atoms with E-state index in [9.17, 15) is 9.59 Å². The summed E-state index contributed by atoms with van der Waals surface area (Å²) in [5.41, 5.74) is 6.53. The summed E-state index contributed by atoms with van der Waals surface area (Å²) in [7, 11) is 0. The van der Waals surface area contributed by atoms with E-state index in [-0.39, 0.29) is 24.9 Å². The molecule has 6 nitrogen and oxygen atoms in total. The lowest BCUT2D eigenvalue weighted by atomic mass is 10.1. The fraction of sp³-hybridized carbons (Fsp3) is 0.667. The highest BCUT2D eigenvalue weighted by atomic mass is 35.5. The molecule has 0 unspecified atom stereocenters. The number of benzene rings is 1. The summed E-state index contributed by atoms with van der Waals surface area (Å²) < 4.78 is 5.35. The van der Waals surface area contributed by atoms with Crippen molar-refractivity contribution in [3.63, 3.8) is 0 Å². The number of hydrogen-bond donors (Lipinski definition) is 2. The minimum Gasteiger partial charge on any atom is -0.445 e. The number of carbonyl (C=O) groups is 2. The lowest BCUT2D eigenvalue weighted by Gasteiger charge is -2.28. The lowest BCUT2D eigenvalue weighted by molar-refractivity contribution is -0.133. The zero-order valence-electron chi connectivity index (χ0n) is 19.3. The molecule has 0 radical (unpaired) electrons. The molecule has 1 rings (SSSR count). The van der Waals surface area contributed by atoms with Crippen molar-refractivity contribution in [1.82, 2.24) is 10.2 Å². The van der Waals surface area contributed by atoms with E-state index < -0.39 is 12.1 Å². The average Bonchev–Trinajstić information content (AvgIpc) is 2.76. The van der Waals surface area contributed by atoms with Gasteiger partial charge in [-0.05, 0) is 44.2 Å². The number of hydrogen-bond acceptors (Lipinski definition) is 4. The molecule has 7 heteroatoms. The normalized spacial score (nSPS) is 11.3. The van der Waals surface area contributed by atoms with Gasteiger partial charge in [-0.15, -0.1) is 12.4 Å². The highest BCUT2D eigenvalue weighted by Crippen LogP contribution is 2.10. The van der Waals surface area contributed by atoms with Crippen molar-refractivity contribution in [2.24, 2.45) is 5.73 Å². The molecule has 0 spiro atoms. The molecular formula is C24H42ClN3O3. The van der Waals surface area contributed by atoms with E-state index in [0.717, 1.165) is 70.0 Å². The topological polar surface area (TPSA) is 84.7 Å². The quantitative estimate of drug-likeness (QED) is 0.342. The standard InChI is InChI=1S/C24H41N3O3.ClH/c1-3-5-12-18-27(19-13-6-4-2)23(28)22(16-10-11-17-25)26-24(29)30-20-21-14-8-7-9-15-21;/h7-9,14-15,22H,3-6,10-13,16-20,25H2,1-2H3,(H,26,29);1H/t22-;/m1./s1. The Bertz CT molecular complexity index is 577. The third-order valence-electron chi connectivity index (χ3n) is 5.12. The van der Waals surface area contributed by atoms with E-state index >= 15 is 0 Å². The molecule has 0 aromatic heterocycles. The van der Waals surface area contributed by atoms with Gasteiger partial charge in [-0.2, -0.15) is 0 Å². The zero-order chi connectivity index (χ0) is 22.0. The number of carbonyl (C=O) groups excluding carboxylic acids is 2. The van der Waals surface area contributed by atoms with E-state index in [1.807, 2.05) is 35.2 Å². The summed E-state index contributed by atoms with van der Waals surface area (Å²) in [5.74, 6) is -0.00381. The summed E-state index contributed by atoms with van der Waals surface area (Å²) >= 11 is 0. The molecule has 0 saturated carbocycles. The summed E-state index contributed by atoms with van der Waals surface area (Å²) in [6.07, 6.45) is 8.05. The van der Waals surface area contributed by atoms with Crippen molar-refractivity contribution in [1.29, 1.82) is 0 Å². The predicted molar refractivity (Wildman–Crippen MR) is 129 cm³/mol. The second kappa shape index (κ2) is 18.9. The Hall–Kier alpha value is -1.79. The van der Waals surface area contributed by atoms with Crippen LogP contribution in [0.25, 0.3) is 0 Å². The Balaban J connectivity index is 0.00000900. The number of nitrogens with one attached hydrogen (secondary N) is 1. The molecule has 0 fully saturated rings. The smallest absolute Gasteiger partial charge is 0.408 e. The van der Waals surface area contributed by atoms with Crippen LogP contribution in [0.15, 0.2) is 30.3 Å². The summed E-state index contributed by atoms with van der Waals surface area (Å²) in [5, 5.41) is 2.81. The van der Waals surface area contributed by atoms with Gasteiger partial charge in [0.1, 0.15) is 12.6 Å². The van der Waals surface area contributed by atoms with Gasteiger partial charge in [0.15, 0.2) is 0 Å². The molecule has 3 N–H and O–H groups in total. The Labute approximate surface area is 194 Å². The second-order valence-corrected chi connectivity index (χ2v) is 7.78. The van der Waals surface area contributed by atoms with E-state index in [1.54, 1.807) is 0 Å². The van der Waals surface area contributed by atoms with Crippen molar-refractivity contribution in [2.75, 3.05) is 19.6 Å². The molecule has 178 valence electrons. The largest absolute Gasteiger partial charge is 0.445 e. The van der Waals surface area contributed by atoms with Crippen molar-refractivity contribution in [2.45, 2.75) is 84.3 Å². The first kappa shape index (κ1) is 29.2. The molecule has 0 aliphatic heterocycles. The van der Waals surface area contributed by atoms with E-state index in [4.69, 9.17) is 10.5 Å². The number of unbranched alkanes of at least 4 members (excludes halogenated alkanes) is 5. The van der Waals surface area contributed by atoms with E-state index in [0.29, 0.717) is 13.0 Å². The fourth-order valence-corrected chi connectivity index (χ4v) is 3.32. The van der Waals surface area contributed by atoms with Crippen LogP contribution in [0.4, 0.5) is 4.79 Å². The van der Waals surface area contributed by atoms with Gasteiger partial charge < -0.3 is 20.7 Å². The van der Waals surface area contributed by atoms with Crippen LogP contribution in [-0.2, 0) is 16.1 Å². The monoisotopic (exact) mass is 455 g/mol. The van der Waals surface area contributed by atoms with E-state index in [1.165, 1.54) is 0 Å². The minimum atomic E-state index is -0.567. The molecule has 0 heterocycles. The molecule has 0 bridgehead atoms. The molecule has 31 heavy (non-hydrogen) atoms. The average molecular weight is 456 g/mol. The molecular weight excluding hydrogens is 414 g/mol. The maximum Gasteiger partial charge on any atom is 0.408 e. The summed E-state index contributed by atoms with van der Waals surface area (Å²) in [6.45, 7) is 6.56. The van der Waals surface area contributed by atoms with Crippen LogP contribution < -0.4 is 11.1 Å². The molecule has 1 aromatic carbocycles. The Morgan fingerprint density at radius 2 is 1.58 bits per heavy atom.